The number of aliphatic hydroxyl groups excluding tert-OH is 1. The van der Waals surface area contributed by atoms with Gasteiger partial charge in [0.1, 0.15) is 0 Å². The molecule has 2 atom stereocenters. The van der Waals surface area contributed by atoms with Gasteiger partial charge in [0, 0.05) is 0 Å². The zero-order valence-corrected chi connectivity index (χ0v) is 20.1. The molecule has 0 saturated carbocycles. The van der Waals surface area contributed by atoms with E-state index in [4.69, 9.17) is 5.73 Å². The van der Waals surface area contributed by atoms with Crippen LogP contribution in [0.3, 0.4) is 0 Å². The number of halogens is 2. The molecule has 0 aromatic heterocycles. The SMILES string of the molecule is Cl.Cl.NC(=O)[CH]1CCC[CH2][In]1[N]1CCN([C@H](CO)c2ccccc2)CC1. The number of hydrogen-bond acceptors (Lipinski definition) is 4. The first kappa shape index (κ1) is 24.1. The van der Waals surface area contributed by atoms with Crippen LogP contribution < -0.4 is 5.73 Å². The fourth-order valence-electron chi connectivity index (χ4n) is 4.37. The second kappa shape index (κ2) is 11.8. The Morgan fingerprint density at radius 3 is 2.38 bits per heavy atom. The second-order valence-corrected chi connectivity index (χ2v) is 16.3. The molecule has 1 amide bonds. The van der Waals surface area contributed by atoms with Crippen molar-refractivity contribution in [1.29, 1.82) is 0 Å². The molecule has 2 aliphatic rings. The summed E-state index contributed by atoms with van der Waals surface area (Å²) in [6, 6.07) is 10.3. The fraction of sp³-hybridized carbons (Fsp3) is 0.611. The molecule has 0 aliphatic carbocycles. The zero-order valence-electron chi connectivity index (χ0n) is 15.1. The van der Waals surface area contributed by atoms with E-state index >= 15 is 0 Å². The molecule has 2 fully saturated rings. The number of carbonyl (C=O) groups is 1. The van der Waals surface area contributed by atoms with Crippen LogP contribution in [0, 0.1) is 0 Å². The van der Waals surface area contributed by atoms with E-state index in [0.717, 1.165) is 32.6 Å². The number of hydrogen-bond donors (Lipinski definition) is 2. The van der Waals surface area contributed by atoms with E-state index in [9.17, 15) is 9.90 Å². The van der Waals surface area contributed by atoms with Crippen LogP contribution in [0.5, 0.6) is 0 Å². The van der Waals surface area contributed by atoms with Crippen molar-refractivity contribution >= 4 is 52.4 Å². The average Bonchev–Trinajstić information content (AvgIpc) is 2.64. The van der Waals surface area contributed by atoms with E-state index in [1.807, 2.05) is 18.2 Å². The van der Waals surface area contributed by atoms with Gasteiger partial charge < -0.3 is 0 Å². The van der Waals surface area contributed by atoms with Crippen molar-refractivity contribution in [2.24, 2.45) is 5.73 Å². The van der Waals surface area contributed by atoms with Gasteiger partial charge in [0.2, 0.25) is 0 Å². The molecule has 1 unspecified atom stereocenters. The van der Waals surface area contributed by atoms with Crippen molar-refractivity contribution in [1.82, 2.24) is 7.79 Å². The maximum atomic E-state index is 11.8. The Balaban J connectivity index is 0.00000169. The van der Waals surface area contributed by atoms with E-state index in [-0.39, 0.29) is 47.0 Å². The van der Waals surface area contributed by atoms with Crippen LogP contribution in [0.2, 0.25) is 7.85 Å². The Bertz CT molecular complexity index is 544. The Labute approximate surface area is 177 Å². The number of rotatable bonds is 5. The van der Waals surface area contributed by atoms with Crippen molar-refractivity contribution < 1.29 is 9.90 Å². The Kier molecular flexibility index (Phi) is 10.9. The summed E-state index contributed by atoms with van der Waals surface area (Å²) in [6.07, 6.45) is 3.48. The van der Waals surface area contributed by atoms with Gasteiger partial charge in [0.25, 0.3) is 0 Å². The number of benzene rings is 1. The maximum absolute atomic E-state index is 11.8. The molecule has 3 rings (SSSR count). The number of nitrogens with two attached hydrogens (primary N) is 1. The van der Waals surface area contributed by atoms with Crippen molar-refractivity contribution in [3.63, 3.8) is 0 Å². The molecule has 1 aromatic carbocycles. The third kappa shape index (κ3) is 5.76. The number of aliphatic hydroxyl groups is 1. The monoisotopic (exact) mass is 505 g/mol. The number of carbonyl (C=O) groups excluding carboxylic acids is 1. The Morgan fingerprint density at radius 2 is 1.81 bits per heavy atom. The van der Waals surface area contributed by atoms with Gasteiger partial charge >= 0.3 is 153 Å². The van der Waals surface area contributed by atoms with Crippen LogP contribution in [-0.4, -0.2) is 73.3 Å². The van der Waals surface area contributed by atoms with Crippen LogP contribution in [-0.2, 0) is 4.79 Å². The van der Waals surface area contributed by atoms with Gasteiger partial charge in [-0.05, 0) is 0 Å². The second-order valence-electron chi connectivity index (χ2n) is 7.04. The number of amides is 1. The van der Waals surface area contributed by atoms with Crippen LogP contribution in [0.15, 0.2) is 30.3 Å². The Hall–Kier alpha value is 0.0201. The molecule has 26 heavy (non-hydrogen) atoms. The van der Waals surface area contributed by atoms with Crippen LogP contribution in [0.25, 0.3) is 0 Å². The summed E-state index contributed by atoms with van der Waals surface area (Å²) >= 11 is -2.05. The first-order valence-electron chi connectivity index (χ1n) is 9.14. The topological polar surface area (TPSA) is 69.8 Å². The molecule has 3 N–H and O–H groups in total. The van der Waals surface area contributed by atoms with Crippen molar-refractivity contribution in [2.45, 2.75) is 33.2 Å². The van der Waals surface area contributed by atoms with Crippen molar-refractivity contribution in [2.75, 3.05) is 32.8 Å². The van der Waals surface area contributed by atoms with Crippen molar-refractivity contribution in [3.05, 3.63) is 35.9 Å². The molecule has 2 saturated heterocycles. The fourth-order valence-corrected chi connectivity index (χ4v) is 15.4. The first-order valence-corrected chi connectivity index (χ1v) is 14.8. The zero-order chi connectivity index (χ0) is 16.9. The molecule has 0 bridgehead atoms. The summed E-state index contributed by atoms with van der Waals surface area (Å²) in [5.74, 6) is -0.0459. The van der Waals surface area contributed by atoms with Crippen molar-refractivity contribution in [3.8, 4) is 0 Å². The van der Waals surface area contributed by atoms with Crippen LogP contribution in [0.4, 0.5) is 0 Å². The Morgan fingerprint density at radius 1 is 1.15 bits per heavy atom. The van der Waals surface area contributed by atoms with Gasteiger partial charge in [0.05, 0.1) is 0 Å². The summed E-state index contributed by atoms with van der Waals surface area (Å²) in [7, 11) is 0. The summed E-state index contributed by atoms with van der Waals surface area (Å²) in [6.45, 7) is 4.17. The molecular weight excluding hydrogens is 476 g/mol. The predicted molar refractivity (Wildman–Crippen MR) is 111 cm³/mol. The molecule has 8 heteroatoms. The predicted octanol–water partition coefficient (Wildman–Crippen LogP) is 2.21. The molecule has 2 heterocycles. The van der Waals surface area contributed by atoms with Gasteiger partial charge in [-0.25, -0.2) is 0 Å². The third-order valence-electron chi connectivity index (χ3n) is 5.71. The average molecular weight is 506 g/mol. The summed E-state index contributed by atoms with van der Waals surface area (Å²) in [5.41, 5.74) is 6.87. The van der Waals surface area contributed by atoms with Gasteiger partial charge in [-0.1, -0.05) is 0 Å². The standard InChI is InChI=1S/C12H17N2O.C6H11NO.2ClH.In/c15-10-12(11-4-2-1-3-5-11)14-8-6-13-7-9-14;1-2-3-4-5-6(7)8;;;/h1-5,12,15H,6-10H2;5H,1-4H2,(H2,7,8);2*1H;/q-1;;;;+1/t12-;;;;/m1..../s1. The summed E-state index contributed by atoms with van der Waals surface area (Å²) in [4.78, 5) is 14.2. The molecule has 2 aliphatic heterocycles. The molecule has 1 aromatic rings. The number of nitrogens with zero attached hydrogens (tertiary/aromatic N) is 2. The summed E-state index contributed by atoms with van der Waals surface area (Å²) < 4.78 is 4.17. The minimum absolute atomic E-state index is 0. The normalized spacial score (nSPS) is 22.8. The van der Waals surface area contributed by atoms with Crippen LogP contribution >= 0.6 is 24.8 Å². The van der Waals surface area contributed by atoms with Gasteiger partial charge in [-0.3, -0.25) is 0 Å². The molecule has 5 nitrogen and oxygen atoms in total. The first-order chi connectivity index (χ1) is 11.7. The van der Waals surface area contributed by atoms with E-state index in [2.05, 4.69) is 19.9 Å². The van der Waals surface area contributed by atoms with Gasteiger partial charge in [-0.15, -0.1) is 24.8 Å². The van der Waals surface area contributed by atoms with E-state index < -0.39 is 21.7 Å². The molecule has 146 valence electrons. The summed E-state index contributed by atoms with van der Waals surface area (Å²) in [5, 5.41) is 9.86. The molecular formula is C18H30Cl2InN3O2. The van der Waals surface area contributed by atoms with Crippen LogP contribution in [0.1, 0.15) is 30.9 Å². The third-order valence-corrected chi connectivity index (χ3v) is 17.3. The van der Waals surface area contributed by atoms with Gasteiger partial charge in [0.15, 0.2) is 0 Å². The molecule has 0 spiro atoms. The van der Waals surface area contributed by atoms with Gasteiger partial charge in [-0.2, -0.15) is 0 Å². The minimum atomic E-state index is -2.05. The van der Waals surface area contributed by atoms with E-state index in [0.29, 0.717) is 0 Å². The quantitative estimate of drug-likeness (QED) is 0.643. The number of primary amides is 1. The number of piperazine rings is 1. The van der Waals surface area contributed by atoms with E-state index in [1.54, 1.807) is 0 Å². The molecule has 0 radical (unpaired) electrons. The van der Waals surface area contributed by atoms with E-state index in [1.165, 1.54) is 22.6 Å².